The number of aromatic nitrogens is 2. The van der Waals surface area contributed by atoms with Crippen molar-refractivity contribution in [2.24, 2.45) is 11.8 Å². The van der Waals surface area contributed by atoms with Gasteiger partial charge in [0.1, 0.15) is 0 Å². The molecule has 1 aliphatic carbocycles. The Morgan fingerprint density at radius 1 is 1.18 bits per heavy atom. The predicted molar refractivity (Wildman–Crippen MR) is 79.2 cm³/mol. The molecule has 1 amide bonds. The summed E-state index contributed by atoms with van der Waals surface area (Å²) in [7, 11) is 0. The van der Waals surface area contributed by atoms with Gasteiger partial charge in [0.2, 0.25) is 5.91 Å². The number of fused-ring (bicyclic) bond motifs is 1. The van der Waals surface area contributed by atoms with Crippen LogP contribution in [0.15, 0.2) is 23.0 Å². The molecule has 22 heavy (non-hydrogen) atoms. The van der Waals surface area contributed by atoms with Gasteiger partial charge in [-0.25, -0.2) is 4.79 Å². The van der Waals surface area contributed by atoms with E-state index in [2.05, 4.69) is 15.3 Å². The van der Waals surface area contributed by atoms with E-state index in [4.69, 9.17) is 5.11 Å². The van der Waals surface area contributed by atoms with Crippen molar-refractivity contribution in [2.45, 2.75) is 25.8 Å². The van der Waals surface area contributed by atoms with Crippen LogP contribution >= 0.6 is 0 Å². The van der Waals surface area contributed by atoms with Crippen LogP contribution in [-0.2, 0) is 16.1 Å². The molecule has 0 unspecified atom stereocenters. The van der Waals surface area contributed by atoms with Crippen molar-refractivity contribution in [3.63, 3.8) is 0 Å². The number of carboxylic acids is 1. The molecule has 0 spiro atoms. The molecule has 1 aromatic carbocycles. The molecule has 7 heteroatoms. The third-order valence-corrected chi connectivity index (χ3v) is 4.20. The Hall–Kier alpha value is -2.57. The van der Waals surface area contributed by atoms with E-state index >= 15 is 0 Å². The lowest BCUT2D eigenvalue weighted by Crippen LogP contribution is -2.29. The van der Waals surface area contributed by atoms with Crippen LogP contribution in [0.25, 0.3) is 11.0 Å². The highest BCUT2D eigenvalue weighted by Crippen LogP contribution is 2.31. The van der Waals surface area contributed by atoms with Crippen molar-refractivity contribution in [2.75, 3.05) is 0 Å². The molecule has 3 rings (SSSR count). The first-order valence-corrected chi connectivity index (χ1v) is 7.24. The van der Waals surface area contributed by atoms with Crippen LogP contribution in [0.4, 0.5) is 0 Å². The van der Waals surface area contributed by atoms with Crippen LogP contribution in [0, 0.1) is 11.8 Å². The lowest BCUT2D eigenvalue weighted by molar-refractivity contribution is -0.141. The highest BCUT2D eigenvalue weighted by atomic mass is 16.4. The summed E-state index contributed by atoms with van der Waals surface area (Å²) in [5, 5.41) is 11.8. The van der Waals surface area contributed by atoms with Gasteiger partial charge >= 0.3 is 11.7 Å². The van der Waals surface area contributed by atoms with Crippen molar-refractivity contribution in [1.29, 1.82) is 0 Å². The van der Waals surface area contributed by atoms with Crippen LogP contribution in [0.2, 0.25) is 0 Å². The van der Waals surface area contributed by atoms with Gasteiger partial charge in [-0.1, -0.05) is 6.07 Å². The van der Waals surface area contributed by atoms with Crippen LogP contribution < -0.4 is 11.0 Å². The largest absolute Gasteiger partial charge is 0.481 e. The van der Waals surface area contributed by atoms with Crippen molar-refractivity contribution >= 4 is 22.9 Å². The van der Waals surface area contributed by atoms with Crippen LogP contribution in [-0.4, -0.2) is 27.0 Å². The lowest BCUT2D eigenvalue weighted by Gasteiger charge is -2.11. The number of benzene rings is 1. The van der Waals surface area contributed by atoms with E-state index in [9.17, 15) is 14.4 Å². The zero-order valence-corrected chi connectivity index (χ0v) is 11.9. The van der Waals surface area contributed by atoms with E-state index in [1.54, 1.807) is 6.07 Å². The molecule has 0 radical (unpaired) electrons. The average Bonchev–Trinajstić information content (AvgIpc) is 3.09. The van der Waals surface area contributed by atoms with Crippen LogP contribution in [0.1, 0.15) is 24.8 Å². The van der Waals surface area contributed by atoms with Gasteiger partial charge in [-0.3, -0.25) is 9.59 Å². The van der Waals surface area contributed by atoms with E-state index < -0.39 is 11.9 Å². The van der Waals surface area contributed by atoms with Gasteiger partial charge in [-0.2, -0.15) is 0 Å². The smallest absolute Gasteiger partial charge is 0.323 e. The minimum atomic E-state index is -0.822. The molecular weight excluding hydrogens is 286 g/mol. The highest BCUT2D eigenvalue weighted by Gasteiger charge is 2.33. The summed E-state index contributed by atoms with van der Waals surface area (Å²) in [6.45, 7) is 0.357. The number of hydrogen-bond acceptors (Lipinski definition) is 3. The number of aliphatic carboxylic acids is 1. The van der Waals surface area contributed by atoms with Crippen molar-refractivity contribution in [3.05, 3.63) is 34.2 Å². The topological polar surface area (TPSA) is 115 Å². The fraction of sp³-hybridized carbons (Fsp3) is 0.400. The maximum absolute atomic E-state index is 12.1. The first kappa shape index (κ1) is 14.4. The quantitative estimate of drug-likeness (QED) is 0.673. The van der Waals surface area contributed by atoms with Gasteiger partial charge in [0.25, 0.3) is 0 Å². The van der Waals surface area contributed by atoms with Gasteiger partial charge < -0.3 is 20.4 Å². The number of amides is 1. The Morgan fingerprint density at radius 2 is 1.91 bits per heavy atom. The molecule has 1 saturated carbocycles. The standard InChI is InChI=1S/C15H17N3O4/c19-13(9-2-3-10(6-9)14(20)21)16-7-8-1-4-11-12(5-8)18-15(22)17-11/h1,4-5,9-10H,2-3,6-7H2,(H,16,19)(H,20,21)(H2,17,18,22)/t9-,10+/m0/s1. The normalized spacial score (nSPS) is 21.1. The summed E-state index contributed by atoms with van der Waals surface area (Å²) < 4.78 is 0. The van der Waals surface area contributed by atoms with E-state index in [1.807, 2.05) is 12.1 Å². The van der Waals surface area contributed by atoms with Crippen LogP contribution in [0.5, 0.6) is 0 Å². The molecule has 1 aliphatic rings. The zero-order valence-electron chi connectivity index (χ0n) is 11.9. The fourth-order valence-electron chi connectivity index (χ4n) is 2.97. The number of H-pyrrole nitrogens is 2. The summed E-state index contributed by atoms with van der Waals surface area (Å²) in [6, 6.07) is 5.42. The number of imidazole rings is 1. The maximum Gasteiger partial charge on any atom is 0.323 e. The summed E-state index contributed by atoms with van der Waals surface area (Å²) in [6.07, 6.45) is 1.59. The van der Waals surface area contributed by atoms with Gasteiger partial charge in [0.15, 0.2) is 0 Å². The third-order valence-electron chi connectivity index (χ3n) is 4.20. The summed E-state index contributed by atoms with van der Waals surface area (Å²) in [4.78, 5) is 39.5. The molecule has 1 fully saturated rings. The molecule has 4 N–H and O–H groups in total. The molecule has 1 heterocycles. The molecular formula is C15H17N3O4. The number of aromatic amines is 2. The summed E-state index contributed by atoms with van der Waals surface area (Å²) >= 11 is 0. The van der Waals surface area contributed by atoms with E-state index in [0.29, 0.717) is 31.3 Å². The molecule has 2 atom stereocenters. The Balaban J connectivity index is 1.60. The monoisotopic (exact) mass is 303 g/mol. The molecule has 2 aromatic rings. The second-order valence-corrected chi connectivity index (χ2v) is 5.72. The van der Waals surface area contributed by atoms with Crippen molar-refractivity contribution in [3.8, 4) is 0 Å². The number of nitrogens with one attached hydrogen (secondary N) is 3. The fourth-order valence-corrected chi connectivity index (χ4v) is 2.97. The number of carbonyl (C=O) groups is 2. The number of carbonyl (C=O) groups excluding carboxylic acids is 1. The minimum absolute atomic E-state index is 0.105. The number of hydrogen-bond donors (Lipinski definition) is 4. The number of rotatable bonds is 4. The molecule has 116 valence electrons. The third kappa shape index (κ3) is 2.88. The van der Waals surface area contributed by atoms with Gasteiger partial charge in [-0.15, -0.1) is 0 Å². The summed E-state index contributed by atoms with van der Waals surface area (Å²) in [5.74, 6) is -1.56. The molecule has 0 bridgehead atoms. The van der Waals surface area contributed by atoms with Crippen LogP contribution in [0.3, 0.4) is 0 Å². The zero-order chi connectivity index (χ0) is 15.7. The molecule has 0 aliphatic heterocycles. The lowest BCUT2D eigenvalue weighted by atomic mass is 10.0. The number of carboxylic acid groups (broad SMARTS) is 1. The highest BCUT2D eigenvalue weighted by molar-refractivity contribution is 5.81. The van der Waals surface area contributed by atoms with Crippen molar-refractivity contribution < 1.29 is 14.7 Å². The Kier molecular flexibility index (Phi) is 3.70. The predicted octanol–water partition coefficient (Wildman–Crippen LogP) is 0.973. The van der Waals surface area contributed by atoms with Crippen molar-refractivity contribution in [1.82, 2.24) is 15.3 Å². The first-order valence-electron chi connectivity index (χ1n) is 7.24. The Labute approximate surface area is 125 Å². The first-order chi connectivity index (χ1) is 10.5. The summed E-state index contributed by atoms with van der Waals surface area (Å²) in [5.41, 5.74) is 2.04. The molecule has 0 saturated heterocycles. The molecule has 1 aromatic heterocycles. The second-order valence-electron chi connectivity index (χ2n) is 5.72. The average molecular weight is 303 g/mol. The maximum atomic E-state index is 12.1. The Morgan fingerprint density at radius 3 is 2.64 bits per heavy atom. The van der Waals surface area contributed by atoms with Gasteiger partial charge in [-0.05, 0) is 37.0 Å². The van der Waals surface area contributed by atoms with E-state index in [-0.39, 0.29) is 17.5 Å². The Bertz CT molecular complexity index is 776. The van der Waals surface area contributed by atoms with E-state index in [0.717, 1.165) is 11.1 Å². The molecule has 7 nitrogen and oxygen atoms in total. The minimum Gasteiger partial charge on any atom is -0.481 e. The second kappa shape index (κ2) is 5.67. The van der Waals surface area contributed by atoms with Gasteiger partial charge in [0, 0.05) is 12.5 Å². The van der Waals surface area contributed by atoms with Gasteiger partial charge in [0.05, 0.1) is 17.0 Å². The van der Waals surface area contributed by atoms with E-state index in [1.165, 1.54) is 0 Å². The SMILES string of the molecule is O=C(O)[C@@H]1CC[C@H](C(=O)NCc2ccc3[nH]c(=O)[nH]c3c2)C1.